The lowest BCUT2D eigenvalue weighted by atomic mass is 10.0. The molecule has 2 aromatic rings. The second kappa shape index (κ2) is 9.60. The number of benzene rings is 2. The fraction of sp³-hybridized carbons (Fsp3) is 0.462. The fourth-order valence-corrected chi connectivity index (χ4v) is 5.88. The molecule has 1 atom stereocenters. The van der Waals surface area contributed by atoms with E-state index in [9.17, 15) is 9.59 Å². The Bertz CT molecular complexity index is 1090. The Hall–Kier alpha value is -2.55. The van der Waals surface area contributed by atoms with Gasteiger partial charge < -0.3 is 25.0 Å². The highest BCUT2D eigenvalue weighted by Crippen LogP contribution is 2.33. The minimum absolute atomic E-state index is 0.0314. The molecule has 7 nitrogen and oxygen atoms in total. The van der Waals surface area contributed by atoms with Crippen LogP contribution in [0.15, 0.2) is 36.4 Å². The summed E-state index contributed by atoms with van der Waals surface area (Å²) in [4.78, 5) is 27.6. The number of ether oxygens (including phenoxy) is 2. The molecule has 0 bridgehead atoms. The molecule has 2 fully saturated rings. The third-order valence-electron chi connectivity index (χ3n) is 6.84. The van der Waals surface area contributed by atoms with Gasteiger partial charge in [-0.3, -0.25) is 9.59 Å². The van der Waals surface area contributed by atoms with Gasteiger partial charge in [0.05, 0.1) is 24.6 Å². The minimum atomic E-state index is -0.504. The standard InChI is InChI=1S/C26H31N3O4S/c1-17-3-4-18(2)20(13-17)15-34-16-23-24(30)28-22-14-19(5-6-21(22)27-23)25(31)29-9-7-26(8-10-29)32-11-12-33-26/h3-6,13-14,23,27H,7-12,15-16H2,1-2H3,(H,28,30)/t23-/m0/s1. The Kier molecular flexibility index (Phi) is 6.55. The number of thioether (sulfide) groups is 1. The van der Waals surface area contributed by atoms with Crippen LogP contribution < -0.4 is 10.6 Å². The van der Waals surface area contributed by atoms with E-state index in [1.807, 2.05) is 17.0 Å². The van der Waals surface area contributed by atoms with E-state index in [1.165, 1.54) is 16.7 Å². The Morgan fingerprint density at radius 1 is 1.09 bits per heavy atom. The van der Waals surface area contributed by atoms with Crippen molar-refractivity contribution in [3.63, 3.8) is 0 Å². The minimum Gasteiger partial charge on any atom is -0.371 e. The van der Waals surface area contributed by atoms with Gasteiger partial charge in [0.1, 0.15) is 6.04 Å². The number of nitrogens with zero attached hydrogens (tertiary/aromatic N) is 1. The summed E-state index contributed by atoms with van der Waals surface area (Å²) in [5, 5.41) is 6.34. The molecule has 2 amide bonds. The fourth-order valence-electron chi connectivity index (χ4n) is 4.76. The van der Waals surface area contributed by atoms with Crippen LogP contribution in [0.2, 0.25) is 0 Å². The number of likely N-dealkylation sites (tertiary alicyclic amines) is 1. The molecule has 0 saturated carbocycles. The van der Waals surface area contributed by atoms with Crippen LogP contribution in [0.4, 0.5) is 11.4 Å². The van der Waals surface area contributed by atoms with E-state index in [1.54, 1.807) is 17.8 Å². The summed E-state index contributed by atoms with van der Waals surface area (Å²) in [6, 6.07) is 11.7. The second-order valence-electron chi connectivity index (χ2n) is 9.29. The number of aryl methyl sites for hydroxylation is 2. The molecule has 2 N–H and O–H groups in total. The monoisotopic (exact) mass is 481 g/mol. The predicted molar refractivity (Wildman–Crippen MR) is 134 cm³/mol. The van der Waals surface area contributed by atoms with Gasteiger partial charge in [0.15, 0.2) is 5.79 Å². The number of piperidine rings is 1. The highest BCUT2D eigenvalue weighted by Gasteiger charge is 2.41. The Morgan fingerprint density at radius 3 is 2.62 bits per heavy atom. The summed E-state index contributed by atoms with van der Waals surface area (Å²) < 4.78 is 11.5. The molecule has 34 heavy (non-hydrogen) atoms. The topological polar surface area (TPSA) is 79.9 Å². The van der Waals surface area contributed by atoms with Crippen molar-refractivity contribution in [1.29, 1.82) is 0 Å². The molecule has 0 aliphatic carbocycles. The number of rotatable bonds is 5. The highest BCUT2D eigenvalue weighted by molar-refractivity contribution is 7.98. The average Bonchev–Trinajstić information content (AvgIpc) is 3.29. The average molecular weight is 482 g/mol. The Morgan fingerprint density at radius 2 is 1.85 bits per heavy atom. The molecule has 2 aromatic carbocycles. The van der Waals surface area contributed by atoms with Crippen LogP contribution in [-0.2, 0) is 20.0 Å². The first-order valence-electron chi connectivity index (χ1n) is 11.8. The molecule has 3 aliphatic rings. The van der Waals surface area contributed by atoms with Gasteiger partial charge in [-0.2, -0.15) is 11.8 Å². The summed E-state index contributed by atoms with van der Waals surface area (Å²) in [7, 11) is 0. The molecule has 3 aliphatic heterocycles. The highest BCUT2D eigenvalue weighted by atomic mass is 32.2. The van der Waals surface area contributed by atoms with E-state index >= 15 is 0 Å². The molecule has 0 radical (unpaired) electrons. The van der Waals surface area contributed by atoms with Gasteiger partial charge in [-0.25, -0.2) is 0 Å². The van der Waals surface area contributed by atoms with Crippen LogP contribution in [0.3, 0.4) is 0 Å². The molecular weight excluding hydrogens is 450 g/mol. The number of carbonyl (C=O) groups excluding carboxylic acids is 2. The number of hydrogen-bond donors (Lipinski definition) is 2. The van der Waals surface area contributed by atoms with Crippen molar-refractivity contribution in [1.82, 2.24) is 4.90 Å². The third kappa shape index (κ3) is 4.80. The zero-order valence-electron chi connectivity index (χ0n) is 19.7. The van der Waals surface area contributed by atoms with Gasteiger partial charge >= 0.3 is 0 Å². The maximum Gasteiger partial charge on any atom is 0.253 e. The Balaban J connectivity index is 1.18. The maximum absolute atomic E-state index is 13.1. The zero-order valence-corrected chi connectivity index (χ0v) is 20.5. The summed E-state index contributed by atoms with van der Waals surface area (Å²) in [6.45, 7) is 6.65. The quantitative estimate of drug-likeness (QED) is 0.673. The summed E-state index contributed by atoms with van der Waals surface area (Å²) in [6.07, 6.45) is 1.37. The van der Waals surface area contributed by atoms with E-state index in [0.717, 1.165) is 11.4 Å². The van der Waals surface area contributed by atoms with E-state index in [2.05, 4.69) is 42.7 Å². The van der Waals surface area contributed by atoms with Crippen molar-refractivity contribution in [2.75, 3.05) is 42.7 Å². The van der Waals surface area contributed by atoms with Gasteiger partial charge in [0.25, 0.3) is 5.91 Å². The molecule has 2 saturated heterocycles. The van der Waals surface area contributed by atoms with Crippen molar-refractivity contribution >= 4 is 35.0 Å². The van der Waals surface area contributed by atoms with Crippen LogP contribution in [0.25, 0.3) is 0 Å². The van der Waals surface area contributed by atoms with Gasteiger partial charge in [0, 0.05) is 43.0 Å². The predicted octanol–water partition coefficient (Wildman–Crippen LogP) is 3.95. The first-order chi connectivity index (χ1) is 16.4. The normalized spacial score (nSPS) is 21.2. The zero-order chi connectivity index (χ0) is 23.7. The van der Waals surface area contributed by atoms with Gasteiger partial charge in [-0.1, -0.05) is 23.8 Å². The number of amides is 2. The van der Waals surface area contributed by atoms with E-state index in [-0.39, 0.29) is 17.9 Å². The summed E-state index contributed by atoms with van der Waals surface area (Å²) in [5.41, 5.74) is 5.90. The molecule has 3 heterocycles. The van der Waals surface area contributed by atoms with Crippen molar-refractivity contribution in [2.45, 2.75) is 44.3 Å². The number of nitrogens with one attached hydrogen (secondary N) is 2. The molecule has 180 valence electrons. The number of hydrogen-bond acceptors (Lipinski definition) is 6. The summed E-state index contributed by atoms with van der Waals surface area (Å²) in [5.74, 6) is 0.929. The van der Waals surface area contributed by atoms with Crippen LogP contribution in [-0.4, -0.2) is 60.6 Å². The van der Waals surface area contributed by atoms with Crippen molar-refractivity contribution in [3.8, 4) is 0 Å². The molecule has 8 heteroatoms. The van der Waals surface area contributed by atoms with Crippen LogP contribution >= 0.6 is 11.8 Å². The number of fused-ring (bicyclic) bond motifs is 1. The maximum atomic E-state index is 13.1. The molecule has 5 rings (SSSR count). The summed E-state index contributed by atoms with van der Waals surface area (Å²) >= 11 is 1.74. The third-order valence-corrected chi connectivity index (χ3v) is 7.93. The first kappa shape index (κ1) is 23.2. The molecule has 0 unspecified atom stereocenters. The van der Waals surface area contributed by atoms with Crippen molar-refractivity contribution < 1.29 is 19.1 Å². The van der Waals surface area contributed by atoms with Crippen molar-refractivity contribution in [3.05, 3.63) is 58.7 Å². The Labute approximate surface area is 204 Å². The lowest BCUT2D eigenvalue weighted by Gasteiger charge is -2.37. The molecule has 0 aromatic heterocycles. The molecular formula is C26H31N3O4S. The smallest absolute Gasteiger partial charge is 0.253 e. The van der Waals surface area contributed by atoms with Crippen LogP contribution in [0.5, 0.6) is 0 Å². The second-order valence-corrected chi connectivity index (χ2v) is 10.3. The van der Waals surface area contributed by atoms with Crippen LogP contribution in [0, 0.1) is 13.8 Å². The van der Waals surface area contributed by atoms with E-state index in [4.69, 9.17) is 9.47 Å². The molecule has 1 spiro atoms. The van der Waals surface area contributed by atoms with Gasteiger partial charge in [-0.05, 0) is 43.2 Å². The van der Waals surface area contributed by atoms with Gasteiger partial charge in [-0.15, -0.1) is 0 Å². The van der Waals surface area contributed by atoms with E-state index < -0.39 is 5.79 Å². The van der Waals surface area contributed by atoms with Crippen molar-refractivity contribution in [2.24, 2.45) is 0 Å². The lowest BCUT2D eigenvalue weighted by molar-refractivity contribution is -0.181. The number of anilines is 2. The first-order valence-corrected chi connectivity index (χ1v) is 13.0. The van der Waals surface area contributed by atoms with Crippen LogP contribution in [0.1, 0.15) is 39.9 Å². The number of carbonyl (C=O) groups is 2. The van der Waals surface area contributed by atoms with E-state index in [0.29, 0.717) is 56.1 Å². The SMILES string of the molecule is Cc1ccc(C)c(CSC[C@@H]2Nc3ccc(C(=O)N4CCC5(CC4)OCCO5)cc3NC2=O)c1. The lowest BCUT2D eigenvalue weighted by Crippen LogP contribution is -2.47. The largest absolute Gasteiger partial charge is 0.371 e. The van der Waals surface area contributed by atoms with Gasteiger partial charge in [0.2, 0.25) is 5.91 Å².